The first kappa shape index (κ1) is 43.2. The van der Waals surface area contributed by atoms with E-state index in [-0.39, 0.29) is 27.6 Å². The van der Waals surface area contributed by atoms with Gasteiger partial charge in [-0.05, 0) is 169 Å². The molecule has 15 rings (SSSR count). The first-order valence-electron chi connectivity index (χ1n) is 26.7. The molecule has 2 heteroatoms. The lowest BCUT2D eigenvalue weighted by molar-refractivity contribution is 0.646. The van der Waals surface area contributed by atoms with Crippen LogP contribution in [0.15, 0.2) is 160 Å². The molecule has 11 aromatic rings. The maximum atomic E-state index is 6.73. The highest BCUT2D eigenvalue weighted by molar-refractivity contribution is 6.13. The minimum Gasteiger partial charge on any atom is -0.455 e. The summed E-state index contributed by atoms with van der Waals surface area (Å²) in [5.41, 5.74) is 32.1. The number of rotatable bonds is 5. The molecule has 2 nitrogen and oxygen atoms in total. The van der Waals surface area contributed by atoms with Crippen molar-refractivity contribution in [1.82, 2.24) is 0 Å². The van der Waals surface area contributed by atoms with Gasteiger partial charge in [0, 0.05) is 60.2 Å². The molecule has 2 aromatic heterocycles. The van der Waals surface area contributed by atoms with Crippen molar-refractivity contribution in [1.29, 1.82) is 0 Å². The maximum absolute atomic E-state index is 6.73. The zero-order valence-electron chi connectivity index (χ0n) is 43.7. The summed E-state index contributed by atoms with van der Waals surface area (Å²) in [4.78, 5) is 0. The van der Waals surface area contributed by atoms with E-state index in [4.69, 9.17) is 8.83 Å². The molecule has 0 N–H and O–H groups in total. The van der Waals surface area contributed by atoms with Gasteiger partial charge in [-0.25, -0.2) is 0 Å². The Morgan fingerprint density at radius 1 is 0.370 bits per heavy atom. The maximum Gasteiger partial charge on any atom is 0.143 e. The molecule has 0 amide bonds. The molecule has 9 aromatic carbocycles. The van der Waals surface area contributed by atoms with Crippen molar-refractivity contribution in [2.24, 2.45) is 0 Å². The molecule has 1 unspecified atom stereocenters. The topological polar surface area (TPSA) is 26.3 Å². The standard InChI is InChI=1S/C71H60O2/c1-38-16-15-17-39(2)63(38)42(41-24-27-44-50-35-60-52(37-58(50)71(9,10)56(44)33-41)65-54(69(60,5)6)31-29-48-46-19-12-14-21-62(46)73-67(48)65)25-22-40-23-26-43-49-34-59-51(36-57(49)70(7,8)55(43)32-40)64-53(68(59,3)4)30-28-47-45-18-11-13-20-61(45)72-66(47)64/h11-21,23-24,26-37,42H,22,25H2,1-10H3. The lowest BCUT2D eigenvalue weighted by atomic mass is 9.77. The fraction of sp³-hybridized carbons (Fsp3) is 0.239. The second-order valence-corrected chi connectivity index (χ2v) is 24.4. The van der Waals surface area contributed by atoms with Crippen molar-refractivity contribution in [3.8, 4) is 44.5 Å². The summed E-state index contributed by atoms with van der Waals surface area (Å²) in [5, 5.41) is 4.76. The van der Waals surface area contributed by atoms with Gasteiger partial charge < -0.3 is 8.83 Å². The van der Waals surface area contributed by atoms with Gasteiger partial charge in [-0.1, -0.05) is 171 Å². The van der Waals surface area contributed by atoms with Crippen LogP contribution in [0.25, 0.3) is 88.4 Å². The Labute approximate surface area is 428 Å². The number of fused-ring (bicyclic) bond motifs is 20. The Morgan fingerprint density at radius 2 is 0.808 bits per heavy atom. The van der Waals surface area contributed by atoms with Crippen LogP contribution in [0.4, 0.5) is 0 Å². The predicted molar refractivity (Wildman–Crippen MR) is 304 cm³/mol. The van der Waals surface area contributed by atoms with Gasteiger partial charge in [-0.2, -0.15) is 0 Å². The van der Waals surface area contributed by atoms with E-state index in [0.717, 1.165) is 35.2 Å². The van der Waals surface area contributed by atoms with Crippen molar-refractivity contribution in [2.45, 2.75) is 110 Å². The molecule has 2 heterocycles. The van der Waals surface area contributed by atoms with Crippen molar-refractivity contribution in [2.75, 3.05) is 0 Å². The van der Waals surface area contributed by atoms with Gasteiger partial charge in [0.2, 0.25) is 0 Å². The minimum atomic E-state index is -0.189. The number of aryl methyl sites for hydroxylation is 3. The Morgan fingerprint density at radius 3 is 1.34 bits per heavy atom. The monoisotopic (exact) mass is 944 g/mol. The molecule has 4 aliphatic carbocycles. The van der Waals surface area contributed by atoms with E-state index in [0.29, 0.717) is 0 Å². The highest BCUT2D eigenvalue weighted by atomic mass is 16.3. The quantitative estimate of drug-likeness (QED) is 0.172. The Hall–Kier alpha value is -7.42. The molecule has 356 valence electrons. The van der Waals surface area contributed by atoms with Gasteiger partial charge in [0.25, 0.3) is 0 Å². The van der Waals surface area contributed by atoms with E-state index >= 15 is 0 Å². The summed E-state index contributed by atoms with van der Waals surface area (Å²) in [6.07, 6.45) is 2.00. The average Bonchev–Trinajstić information content (AvgIpc) is 4.16. The zero-order chi connectivity index (χ0) is 49.8. The molecule has 1 atom stereocenters. The van der Waals surface area contributed by atoms with Crippen molar-refractivity contribution >= 4 is 43.9 Å². The molecule has 0 saturated heterocycles. The molecule has 0 bridgehead atoms. The first-order valence-corrected chi connectivity index (χ1v) is 26.7. The number of hydrogen-bond donors (Lipinski definition) is 0. The molecular formula is C71H60O2. The van der Waals surface area contributed by atoms with Crippen LogP contribution in [0.5, 0.6) is 0 Å². The number of hydrogen-bond acceptors (Lipinski definition) is 2. The highest BCUT2D eigenvalue weighted by Crippen LogP contribution is 2.60. The summed E-state index contributed by atoms with van der Waals surface area (Å²) in [6, 6.07) is 58.2. The van der Waals surface area contributed by atoms with E-state index in [1.165, 1.54) is 138 Å². The molecular weight excluding hydrogens is 885 g/mol. The first-order chi connectivity index (χ1) is 35.0. The van der Waals surface area contributed by atoms with Crippen LogP contribution >= 0.6 is 0 Å². The van der Waals surface area contributed by atoms with E-state index in [1.807, 2.05) is 0 Å². The van der Waals surface area contributed by atoms with Crippen molar-refractivity contribution < 1.29 is 8.83 Å². The molecule has 73 heavy (non-hydrogen) atoms. The van der Waals surface area contributed by atoms with Crippen LogP contribution in [-0.2, 0) is 28.1 Å². The van der Waals surface area contributed by atoms with Gasteiger partial charge in [0.15, 0.2) is 0 Å². The molecule has 0 aliphatic heterocycles. The third kappa shape index (κ3) is 5.54. The largest absolute Gasteiger partial charge is 0.455 e. The Kier molecular flexibility index (Phi) is 8.40. The van der Waals surface area contributed by atoms with Crippen LogP contribution in [0, 0.1) is 13.8 Å². The van der Waals surface area contributed by atoms with Crippen LogP contribution in [-0.4, -0.2) is 0 Å². The smallest absolute Gasteiger partial charge is 0.143 e. The summed E-state index contributed by atoms with van der Waals surface area (Å²) >= 11 is 0. The van der Waals surface area contributed by atoms with E-state index in [2.05, 4.69) is 221 Å². The van der Waals surface area contributed by atoms with E-state index in [9.17, 15) is 0 Å². The van der Waals surface area contributed by atoms with Gasteiger partial charge in [0.05, 0.1) is 0 Å². The lowest BCUT2D eigenvalue weighted by Gasteiger charge is -2.27. The summed E-state index contributed by atoms with van der Waals surface area (Å²) < 4.78 is 13.4. The average molecular weight is 945 g/mol. The second kappa shape index (κ2) is 14.2. The third-order valence-electron chi connectivity index (χ3n) is 19.1. The molecule has 0 spiro atoms. The fourth-order valence-electron chi connectivity index (χ4n) is 15.1. The SMILES string of the molecule is Cc1cccc(C)c1C(CCc1ccc2c(c1)C(C)(C)c1cc3c(cc1-2)C(C)(C)c1ccc2c(oc4ccccc42)c1-3)c1ccc2c(c1)C(C)(C)c1cc3c(cc1-2)C(C)(C)c1ccc2c(oc4ccccc42)c1-3. The van der Waals surface area contributed by atoms with Crippen LogP contribution in [0.3, 0.4) is 0 Å². The van der Waals surface area contributed by atoms with Gasteiger partial charge in [0.1, 0.15) is 22.3 Å². The molecule has 0 saturated carbocycles. The predicted octanol–water partition coefficient (Wildman–Crippen LogP) is 19.1. The third-order valence-corrected chi connectivity index (χ3v) is 19.1. The summed E-state index contributed by atoms with van der Waals surface area (Å²) in [6.45, 7) is 24.0. The normalized spacial score (nSPS) is 16.8. The lowest BCUT2D eigenvalue weighted by Crippen LogP contribution is -2.17. The number of para-hydroxylation sites is 2. The Bertz CT molecular complexity index is 4270. The van der Waals surface area contributed by atoms with Gasteiger partial charge in [-0.15, -0.1) is 0 Å². The number of benzene rings is 9. The fourth-order valence-corrected chi connectivity index (χ4v) is 15.1. The number of furan rings is 2. The Balaban J connectivity index is 0.791. The van der Waals surface area contributed by atoms with Crippen molar-refractivity contribution in [3.05, 3.63) is 224 Å². The summed E-state index contributed by atoms with van der Waals surface area (Å²) in [7, 11) is 0. The minimum absolute atomic E-state index is 0.148. The molecule has 0 fully saturated rings. The van der Waals surface area contributed by atoms with Gasteiger partial charge >= 0.3 is 0 Å². The summed E-state index contributed by atoms with van der Waals surface area (Å²) in [5.74, 6) is 0.238. The van der Waals surface area contributed by atoms with Crippen molar-refractivity contribution in [3.63, 3.8) is 0 Å². The van der Waals surface area contributed by atoms with E-state index < -0.39 is 0 Å². The van der Waals surface area contributed by atoms with Crippen LogP contribution in [0.1, 0.15) is 140 Å². The van der Waals surface area contributed by atoms with E-state index in [1.54, 1.807) is 0 Å². The molecule has 4 aliphatic rings. The molecule has 0 radical (unpaired) electrons. The second-order valence-electron chi connectivity index (χ2n) is 24.4. The zero-order valence-corrected chi connectivity index (χ0v) is 43.7. The highest BCUT2D eigenvalue weighted by Gasteiger charge is 2.45. The van der Waals surface area contributed by atoms with Crippen LogP contribution < -0.4 is 0 Å². The van der Waals surface area contributed by atoms with Crippen LogP contribution in [0.2, 0.25) is 0 Å². The van der Waals surface area contributed by atoms with Gasteiger partial charge in [-0.3, -0.25) is 0 Å².